The quantitative estimate of drug-likeness (QED) is 0.737. The van der Waals surface area contributed by atoms with Crippen molar-refractivity contribution in [3.8, 4) is 0 Å². The second kappa shape index (κ2) is 8.97. The molecule has 168 valence electrons. The fourth-order valence-electron chi connectivity index (χ4n) is 5.73. The van der Waals surface area contributed by atoms with Crippen LogP contribution in [0.1, 0.15) is 36.8 Å². The second-order valence-electron chi connectivity index (χ2n) is 9.52. The summed E-state index contributed by atoms with van der Waals surface area (Å²) in [5.41, 5.74) is 4.77. The highest BCUT2D eigenvalue weighted by Gasteiger charge is 2.41. The Bertz CT molecular complexity index is 996. The van der Waals surface area contributed by atoms with Crippen molar-refractivity contribution >= 4 is 23.2 Å². The molecule has 0 unspecified atom stereocenters. The molecule has 0 N–H and O–H groups in total. The zero-order valence-electron chi connectivity index (χ0n) is 19.0. The molecule has 2 fully saturated rings. The topological polar surface area (TPSA) is 43.9 Å². The minimum atomic E-state index is -0.183. The summed E-state index contributed by atoms with van der Waals surface area (Å²) in [6.07, 6.45) is 4.66. The number of anilines is 2. The van der Waals surface area contributed by atoms with E-state index in [1.807, 2.05) is 28.0 Å². The third-order valence-corrected chi connectivity index (χ3v) is 7.51. The first kappa shape index (κ1) is 21.0. The highest BCUT2D eigenvalue weighted by Crippen LogP contribution is 2.37. The maximum atomic E-state index is 13.6. The lowest BCUT2D eigenvalue weighted by molar-refractivity contribution is -0.143. The van der Waals surface area contributed by atoms with Gasteiger partial charge in [0.25, 0.3) is 0 Å². The number of para-hydroxylation sites is 1. The van der Waals surface area contributed by atoms with Gasteiger partial charge in [0, 0.05) is 50.0 Å². The summed E-state index contributed by atoms with van der Waals surface area (Å²) < 4.78 is 0. The number of amides is 2. The summed E-state index contributed by atoms with van der Waals surface area (Å²) in [6, 6.07) is 16.8. The number of benzene rings is 2. The number of aryl methyl sites for hydroxylation is 1. The molecule has 0 spiro atoms. The summed E-state index contributed by atoms with van der Waals surface area (Å²) >= 11 is 0. The first-order valence-corrected chi connectivity index (χ1v) is 12.1. The summed E-state index contributed by atoms with van der Waals surface area (Å²) in [5, 5.41) is 0. The zero-order valence-corrected chi connectivity index (χ0v) is 19.0. The Balaban J connectivity index is 1.26. The molecule has 1 saturated carbocycles. The van der Waals surface area contributed by atoms with E-state index in [4.69, 9.17) is 0 Å². The number of nitrogens with zero attached hydrogens (tertiary/aromatic N) is 3. The normalized spacial score (nSPS) is 23.2. The Morgan fingerprint density at radius 1 is 0.812 bits per heavy atom. The van der Waals surface area contributed by atoms with Gasteiger partial charge in [-0.1, -0.05) is 43.2 Å². The van der Waals surface area contributed by atoms with Crippen molar-refractivity contribution < 1.29 is 9.59 Å². The first-order chi connectivity index (χ1) is 15.6. The highest BCUT2D eigenvalue weighted by atomic mass is 16.2. The van der Waals surface area contributed by atoms with E-state index < -0.39 is 0 Å². The molecule has 0 aromatic heterocycles. The van der Waals surface area contributed by atoms with Gasteiger partial charge in [0.1, 0.15) is 0 Å². The number of fused-ring (bicyclic) bond motifs is 1. The molecule has 5 rings (SSSR count). The summed E-state index contributed by atoms with van der Waals surface area (Å²) in [4.78, 5) is 33.5. The van der Waals surface area contributed by atoms with Crippen molar-refractivity contribution in [2.24, 2.45) is 11.8 Å². The van der Waals surface area contributed by atoms with Gasteiger partial charge in [0.15, 0.2) is 0 Å². The van der Waals surface area contributed by atoms with E-state index in [0.29, 0.717) is 0 Å². The van der Waals surface area contributed by atoms with Crippen LogP contribution in [-0.2, 0) is 16.0 Å². The van der Waals surface area contributed by atoms with Gasteiger partial charge < -0.3 is 14.7 Å². The van der Waals surface area contributed by atoms with Gasteiger partial charge in [-0.05, 0) is 55.5 Å². The summed E-state index contributed by atoms with van der Waals surface area (Å²) in [5.74, 6) is -0.00226. The largest absolute Gasteiger partial charge is 0.368 e. The summed E-state index contributed by atoms with van der Waals surface area (Å²) in [7, 11) is 0. The summed E-state index contributed by atoms with van der Waals surface area (Å²) in [6.45, 7) is 6.01. The molecule has 2 aliphatic heterocycles. The van der Waals surface area contributed by atoms with Gasteiger partial charge in [0.2, 0.25) is 11.8 Å². The van der Waals surface area contributed by atoms with Gasteiger partial charge in [-0.15, -0.1) is 0 Å². The fourth-order valence-corrected chi connectivity index (χ4v) is 5.73. The molecule has 2 aromatic carbocycles. The van der Waals surface area contributed by atoms with Crippen LogP contribution in [0.2, 0.25) is 0 Å². The molecule has 1 aliphatic carbocycles. The van der Waals surface area contributed by atoms with Crippen LogP contribution < -0.4 is 9.80 Å². The molecule has 0 bridgehead atoms. The molecule has 5 nitrogen and oxygen atoms in total. The lowest BCUT2D eigenvalue weighted by Crippen LogP contribution is -2.53. The zero-order chi connectivity index (χ0) is 22.1. The molecule has 2 atom stereocenters. The number of piperazine rings is 1. The standard InChI is InChI=1S/C27H33N3O2/c1-20-7-6-9-22(19-20)28-15-17-29(18-16-28)26(31)23-10-3-4-11-24(23)27(32)30-14-13-21-8-2-5-12-25(21)30/h2,5-9,12,19,23-24H,3-4,10-11,13-18H2,1H3/t23-,24-/m1/s1. The van der Waals surface area contributed by atoms with Crippen LogP contribution in [-0.4, -0.2) is 49.4 Å². The molecular formula is C27H33N3O2. The highest BCUT2D eigenvalue weighted by molar-refractivity contribution is 5.99. The van der Waals surface area contributed by atoms with E-state index in [0.717, 1.165) is 70.5 Å². The molecule has 0 radical (unpaired) electrons. The van der Waals surface area contributed by atoms with Gasteiger partial charge in [0.05, 0.1) is 5.92 Å². The third kappa shape index (κ3) is 4.01. The van der Waals surface area contributed by atoms with Crippen LogP contribution in [0.5, 0.6) is 0 Å². The van der Waals surface area contributed by atoms with Gasteiger partial charge in [-0.2, -0.15) is 0 Å². The van der Waals surface area contributed by atoms with E-state index in [2.05, 4.69) is 42.2 Å². The molecular weight excluding hydrogens is 398 g/mol. The van der Waals surface area contributed by atoms with Crippen LogP contribution in [0, 0.1) is 18.8 Å². The monoisotopic (exact) mass is 431 g/mol. The minimum absolute atomic E-state index is 0.159. The number of carbonyl (C=O) groups excluding carboxylic acids is 2. The fraction of sp³-hybridized carbons (Fsp3) is 0.481. The number of rotatable bonds is 3. The predicted molar refractivity (Wildman–Crippen MR) is 128 cm³/mol. The van der Waals surface area contributed by atoms with Crippen molar-refractivity contribution in [2.75, 3.05) is 42.5 Å². The van der Waals surface area contributed by atoms with E-state index in [9.17, 15) is 9.59 Å². The number of hydrogen-bond donors (Lipinski definition) is 0. The van der Waals surface area contributed by atoms with Crippen molar-refractivity contribution in [1.82, 2.24) is 4.90 Å². The number of hydrogen-bond acceptors (Lipinski definition) is 3. The van der Waals surface area contributed by atoms with Gasteiger partial charge in [-0.25, -0.2) is 0 Å². The first-order valence-electron chi connectivity index (χ1n) is 12.1. The maximum Gasteiger partial charge on any atom is 0.230 e. The lowest BCUT2D eigenvalue weighted by atomic mass is 9.77. The van der Waals surface area contributed by atoms with Crippen LogP contribution in [0.25, 0.3) is 0 Å². The van der Waals surface area contributed by atoms with Crippen LogP contribution in [0.15, 0.2) is 48.5 Å². The Hall–Kier alpha value is -2.82. The predicted octanol–water partition coefficient (Wildman–Crippen LogP) is 4.04. The Morgan fingerprint density at radius 3 is 2.28 bits per heavy atom. The molecule has 1 saturated heterocycles. The van der Waals surface area contributed by atoms with Crippen LogP contribution >= 0.6 is 0 Å². The molecule has 3 aliphatic rings. The van der Waals surface area contributed by atoms with Crippen molar-refractivity contribution in [3.63, 3.8) is 0 Å². The molecule has 2 heterocycles. The SMILES string of the molecule is Cc1cccc(N2CCN(C(=O)[C@@H]3CCCC[C@H]3C(=O)N3CCc4ccccc43)CC2)c1. The second-order valence-corrected chi connectivity index (χ2v) is 9.52. The maximum absolute atomic E-state index is 13.6. The van der Waals surface area contributed by atoms with Gasteiger partial charge >= 0.3 is 0 Å². The van der Waals surface area contributed by atoms with E-state index in [1.54, 1.807) is 0 Å². The molecule has 2 aromatic rings. The van der Waals surface area contributed by atoms with E-state index in [-0.39, 0.29) is 23.7 Å². The van der Waals surface area contributed by atoms with Crippen LogP contribution in [0.4, 0.5) is 11.4 Å². The van der Waals surface area contributed by atoms with E-state index >= 15 is 0 Å². The Kier molecular flexibility index (Phi) is 5.90. The van der Waals surface area contributed by atoms with Crippen LogP contribution in [0.3, 0.4) is 0 Å². The number of carbonyl (C=O) groups is 2. The third-order valence-electron chi connectivity index (χ3n) is 7.51. The van der Waals surface area contributed by atoms with Gasteiger partial charge in [-0.3, -0.25) is 9.59 Å². The van der Waals surface area contributed by atoms with E-state index in [1.165, 1.54) is 16.8 Å². The molecule has 5 heteroatoms. The minimum Gasteiger partial charge on any atom is -0.368 e. The average Bonchev–Trinajstić information content (AvgIpc) is 3.27. The van der Waals surface area contributed by atoms with Crippen molar-refractivity contribution in [1.29, 1.82) is 0 Å². The molecule has 32 heavy (non-hydrogen) atoms. The van der Waals surface area contributed by atoms with Crippen molar-refractivity contribution in [3.05, 3.63) is 59.7 Å². The molecule has 2 amide bonds. The smallest absolute Gasteiger partial charge is 0.230 e. The Morgan fingerprint density at radius 2 is 1.53 bits per heavy atom. The lowest BCUT2D eigenvalue weighted by Gasteiger charge is -2.40. The average molecular weight is 432 g/mol. The van der Waals surface area contributed by atoms with Crippen molar-refractivity contribution in [2.45, 2.75) is 39.0 Å². The Labute approximate surface area is 191 Å².